The summed E-state index contributed by atoms with van der Waals surface area (Å²) in [6.07, 6.45) is 6.55. The molecule has 5 heterocycles. The Morgan fingerprint density at radius 2 is 2.22 bits per heavy atom. The van der Waals surface area contributed by atoms with Crippen molar-refractivity contribution < 1.29 is 14.3 Å². The molecule has 6 nitrogen and oxygen atoms in total. The predicted octanol–water partition coefficient (Wildman–Crippen LogP) is 1.78. The van der Waals surface area contributed by atoms with Gasteiger partial charge in [0.1, 0.15) is 5.69 Å². The molecule has 4 aliphatic heterocycles. The van der Waals surface area contributed by atoms with E-state index in [-0.39, 0.29) is 11.5 Å². The Bertz CT molecular complexity index is 720. The van der Waals surface area contributed by atoms with E-state index in [2.05, 4.69) is 15.2 Å². The predicted molar refractivity (Wildman–Crippen MR) is 101 cm³/mol. The van der Waals surface area contributed by atoms with E-state index < -0.39 is 0 Å². The number of aryl methyl sites for hydroxylation is 1. The van der Waals surface area contributed by atoms with Gasteiger partial charge in [0.2, 0.25) is 0 Å². The standard InChI is InChI=1S/C21H29N3O3/c1-14-3-2-8-22-19(14)20(25)23-11-16-17-12-24(15-5-9-26-10-6-15)13-21(17)7-4-18(16)27-21/h2-3,8,15-18H,4-7,9-13H2,1H3,(H,23,25)/t16-,17+,18+,21+/m0/s1. The first-order chi connectivity index (χ1) is 13.2. The summed E-state index contributed by atoms with van der Waals surface area (Å²) < 4.78 is 12.1. The number of pyridine rings is 1. The maximum Gasteiger partial charge on any atom is 0.270 e. The van der Waals surface area contributed by atoms with Crippen LogP contribution in [0.15, 0.2) is 18.3 Å². The highest BCUT2D eigenvalue weighted by atomic mass is 16.5. The molecule has 0 saturated carbocycles. The van der Waals surface area contributed by atoms with Crippen molar-refractivity contribution in [2.75, 3.05) is 32.8 Å². The third kappa shape index (κ3) is 2.98. The molecule has 0 aliphatic carbocycles. The topological polar surface area (TPSA) is 63.7 Å². The molecule has 1 spiro atoms. The Hall–Kier alpha value is -1.50. The number of nitrogens with one attached hydrogen (secondary N) is 1. The molecular weight excluding hydrogens is 342 g/mol. The van der Waals surface area contributed by atoms with E-state index in [1.54, 1.807) is 6.20 Å². The van der Waals surface area contributed by atoms with Gasteiger partial charge >= 0.3 is 0 Å². The average Bonchev–Trinajstić information content (AvgIpc) is 3.36. The van der Waals surface area contributed by atoms with Crippen molar-refractivity contribution in [3.8, 4) is 0 Å². The van der Waals surface area contributed by atoms with Gasteiger partial charge in [-0.2, -0.15) is 0 Å². The third-order valence-corrected chi connectivity index (χ3v) is 7.24. The number of fused-ring (bicyclic) bond motifs is 1. The number of hydrogen-bond acceptors (Lipinski definition) is 5. The highest BCUT2D eigenvalue weighted by molar-refractivity contribution is 5.93. The Labute approximate surface area is 160 Å². The van der Waals surface area contributed by atoms with Crippen molar-refractivity contribution >= 4 is 5.91 Å². The minimum Gasteiger partial charge on any atom is -0.381 e. The van der Waals surface area contributed by atoms with E-state index in [4.69, 9.17) is 9.47 Å². The lowest BCUT2D eigenvalue weighted by molar-refractivity contribution is -0.0122. The maximum atomic E-state index is 12.6. The number of likely N-dealkylation sites (tertiary alicyclic amines) is 1. The molecule has 1 aromatic heterocycles. The molecule has 146 valence electrons. The van der Waals surface area contributed by atoms with Crippen LogP contribution >= 0.6 is 0 Å². The molecule has 0 aromatic carbocycles. The zero-order valence-electron chi connectivity index (χ0n) is 16.0. The van der Waals surface area contributed by atoms with Crippen molar-refractivity contribution in [3.05, 3.63) is 29.6 Å². The summed E-state index contributed by atoms with van der Waals surface area (Å²) >= 11 is 0. The Morgan fingerprint density at radius 3 is 3.04 bits per heavy atom. The molecule has 1 amide bonds. The van der Waals surface area contributed by atoms with Crippen molar-refractivity contribution in [3.63, 3.8) is 0 Å². The Morgan fingerprint density at radius 1 is 1.37 bits per heavy atom. The molecule has 0 radical (unpaired) electrons. The van der Waals surface area contributed by atoms with E-state index in [0.717, 1.165) is 51.1 Å². The number of nitrogens with zero attached hydrogens (tertiary/aromatic N) is 2. The number of rotatable bonds is 4. The van der Waals surface area contributed by atoms with Gasteiger partial charge < -0.3 is 14.8 Å². The van der Waals surface area contributed by atoms with Gasteiger partial charge in [0, 0.05) is 56.9 Å². The lowest BCUT2D eigenvalue weighted by atomic mass is 9.73. The second kappa shape index (κ2) is 6.83. The number of hydrogen-bond donors (Lipinski definition) is 1. The van der Waals surface area contributed by atoms with Crippen LogP contribution in [0.25, 0.3) is 0 Å². The highest BCUT2D eigenvalue weighted by Gasteiger charge is 2.63. The number of ether oxygens (including phenoxy) is 2. The number of amides is 1. The lowest BCUT2D eigenvalue weighted by Gasteiger charge is -2.32. The van der Waals surface area contributed by atoms with Crippen LogP contribution in [-0.4, -0.2) is 66.4 Å². The summed E-state index contributed by atoms with van der Waals surface area (Å²) in [5, 5.41) is 3.15. The van der Waals surface area contributed by atoms with Crippen LogP contribution in [0.5, 0.6) is 0 Å². The zero-order chi connectivity index (χ0) is 18.4. The zero-order valence-corrected chi connectivity index (χ0v) is 16.0. The number of carbonyl (C=O) groups excluding carboxylic acids is 1. The molecular formula is C21H29N3O3. The molecule has 4 aliphatic rings. The molecule has 0 unspecified atom stereocenters. The minimum atomic E-state index is -0.0656. The third-order valence-electron chi connectivity index (χ3n) is 7.24. The first-order valence-corrected chi connectivity index (χ1v) is 10.4. The molecule has 6 heteroatoms. The molecule has 2 bridgehead atoms. The molecule has 4 saturated heterocycles. The molecule has 4 fully saturated rings. The second-order valence-corrected chi connectivity index (χ2v) is 8.68. The molecule has 27 heavy (non-hydrogen) atoms. The summed E-state index contributed by atoms with van der Waals surface area (Å²) in [5.41, 5.74) is 1.48. The van der Waals surface area contributed by atoms with Crippen LogP contribution in [-0.2, 0) is 9.47 Å². The highest BCUT2D eigenvalue weighted by Crippen LogP contribution is 2.55. The number of carbonyl (C=O) groups is 1. The van der Waals surface area contributed by atoms with Crippen LogP contribution in [0, 0.1) is 18.8 Å². The van der Waals surface area contributed by atoms with Crippen molar-refractivity contribution in [2.45, 2.75) is 50.4 Å². The van der Waals surface area contributed by atoms with E-state index in [9.17, 15) is 4.79 Å². The van der Waals surface area contributed by atoms with Crippen LogP contribution < -0.4 is 5.32 Å². The van der Waals surface area contributed by atoms with Gasteiger partial charge in [0.15, 0.2) is 0 Å². The first kappa shape index (κ1) is 17.6. The van der Waals surface area contributed by atoms with Crippen molar-refractivity contribution in [1.29, 1.82) is 0 Å². The van der Waals surface area contributed by atoms with E-state index in [0.29, 0.717) is 36.2 Å². The average molecular weight is 371 g/mol. The Kier molecular flexibility index (Phi) is 4.45. The van der Waals surface area contributed by atoms with Crippen LogP contribution in [0.1, 0.15) is 41.7 Å². The molecule has 5 rings (SSSR count). The van der Waals surface area contributed by atoms with E-state index in [1.807, 2.05) is 19.1 Å². The molecule has 1 aromatic rings. The van der Waals surface area contributed by atoms with Gasteiger partial charge in [0.05, 0.1) is 11.7 Å². The van der Waals surface area contributed by atoms with E-state index in [1.165, 1.54) is 6.42 Å². The summed E-state index contributed by atoms with van der Waals surface area (Å²) in [6, 6.07) is 4.43. The van der Waals surface area contributed by atoms with Gasteiger partial charge in [-0.25, -0.2) is 0 Å². The van der Waals surface area contributed by atoms with Gasteiger partial charge in [-0.3, -0.25) is 14.7 Å². The summed E-state index contributed by atoms with van der Waals surface area (Å²) in [6.45, 7) is 6.54. The largest absolute Gasteiger partial charge is 0.381 e. The first-order valence-electron chi connectivity index (χ1n) is 10.4. The van der Waals surface area contributed by atoms with Crippen LogP contribution in [0.3, 0.4) is 0 Å². The Balaban J connectivity index is 1.26. The summed E-state index contributed by atoms with van der Waals surface area (Å²) in [7, 11) is 0. The normalized spacial score (nSPS) is 36.1. The smallest absolute Gasteiger partial charge is 0.270 e. The monoisotopic (exact) mass is 371 g/mol. The van der Waals surface area contributed by atoms with Gasteiger partial charge in [-0.15, -0.1) is 0 Å². The fourth-order valence-corrected chi connectivity index (χ4v) is 5.85. The molecule has 4 atom stereocenters. The van der Waals surface area contributed by atoms with E-state index >= 15 is 0 Å². The number of aromatic nitrogens is 1. The van der Waals surface area contributed by atoms with Gasteiger partial charge in [0.25, 0.3) is 5.91 Å². The lowest BCUT2D eigenvalue weighted by Crippen LogP contribution is -2.42. The second-order valence-electron chi connectivity index (χ2n) is 8.68. The minimum absolute atomic E-state index is 0.0271. The summed E-state index contributed by atoms with van der Waals surface area (Å²) in [5.74, 6) is 0.880. The van der Waals surface area contributed by atoms with Crippen molar-refractivity contribution in [1.82, 2.24) is 15.2 Å². The maximum absolute atomic E-state index is 12.6. The molecule has 1 N–H and O–H groups in total. The SMILES string of the molecule is Cc1cccnc1C(=O)NC[C@H]1[C@H]2CN(C3CCOCC3)C[C@]23CC[C@H]1O3. The van der Waals surface area contributed by atoms with Gasteiger partial charge in [-0.1, -0.05) is 6.07 Å². The fraction of sp³-hybridized carbons (Fsp3) is 0.714. The quantitative estimate of drug-likeness (QED) is 0.874. The summed E-state index contributed by atoms with van der Waals surface area (Å²) in [4.78, 5) is 19.5. The van der Waals surface area contributed by atoms with Crippen LogP contribution in [0.4, 0.5) is 0 Å². The van der Waals surface area contributed by atoms with Crippen LogP contribution in [0.2, 0.25) is 0 Å². The van der Waals surface area contributed by atoms with Gasteiger partial charge in [-0.05, 0) is 44.2 Å². The fourth-order valence-electron chi connectivity index (χ4n) is 5.85. The van der Waals surface area contributed by atoms with Crippen molar-refractivity contribution in [2.24, 2.45) is 11.8 Å².